The fourth-order valence-corrected chi connectivity index (χ4v) is 5.26. The van der Waals surface area contributed by atoms with Crippen LogP contribution in [0.3, 0.4) is 0 Å². The van der Waals surface area contributed by atoms with Crippen molar-refractivity contribution in [3.63, 3.8) is 0 Å². The molecule has 1 unspecified atom stereocenters. The lowest BCUT2D eigenvalue weighted by Gasteiger charge is -2.54. The topological polar surface area (TPSA) is 56.8 Å². The summed E-state index contributed by atoms with van der Waals surface area (Å²) in [6.07, 6.45) is 3.15. The van der Waals surface area contributed by atoms with E-state index in [4.69, 9.17) is 0 Å². The van der Waals surface area contributed by atoms with Crippen molar-refractivity contribution in [2.45, 2.75) is 32.0 Å². The number of nitrogens with zero attached hydrogens (tertiary/aromatic N) is 4. The fraction of sp³-hybridized carbons (Fsp3) is 0.786. The van der Waals surface area contributed by atoms with Crippen LogP contribution in [-0.4, -0.2) is 78.1 Å². The van der Waals surface area contributed by atoms with Gasteiger partial charge in [0.25, 0.3) is 0 Å². The van der Waals surface area contributed by atoms with Crippen molar-refractivity contribution in [3.05, 3.63) is 16.6 Å². The summed E-state index contributed by atoms with van der Waals surface area (Å²) in [5.41, 5.74) is -0.112. The molecular formula is C14H24N4O2S2. The van der Waals surface area contributed by atoms with Crippen LogP contribution in [-0.2, 0) is 16.6 Å². The zero-order valence-electron chi connectivity index (χ0n) is 13.4. The van der Waals surface area contributed by atoms with Crippen LogP contribution in [0.1, 0.15) is 18.9 Å². The first-order valence-corrected chi connectivity index (χ1v) is 10.3. The van der Waals surface area contributed by atoms with Gasteiger partial charge in [-0.05, 0) is 13.8 Å². The lowest BCUT2D eigenvalue weighted by molar-refractivity contribution is -0.0448. The van der Waals surface area contributed by atoms with E-state index in [2.05, 4.69) is 28.6 Å². The lowest BCUT2D eigenvalue weighted by Crippen LogP contribution is -2.70. The first kappa shape index (κ1) is 16.3. The number of thiazole rings is 1. The van der Waals surface area contributed by atoms with Gasteiger partial charge in [-0.2, -0.15) is 4.31 Å². The van der Waals surface area contributed by atoms with Gasteiger partial charge < -0.3 is 0 Å². The fourth-order valence-electron chi connectivity index (χ4n) is 3.61. The summed E-state index contributed by atoms with van der Waals surface area (Å²) < 4.78 is 25.6. The molecule has 2 aliphatic heterocycles. The van der Waals surface area contributed by atoms with Crippen molar-refractivity contribution < 1.29 is 8.42 Å². The van der Waals surface area contributed by atoms with Crippen LogP contribution >= 0.6 is 11.3 Å². The van der Waals surface area contributed by atoms with E-state index in [1.54, 1.807) is 15.6 Å². The van der Waals surface area contributed by atoms with E-state index in [0.717, 1.165) is 31.2 Å². The summed E-state index contributed by atoms with van der Waals surface area (Å²) in [5.74, 6) is 0. The standard InChI is InChI=1S/C14H24N4O2S2/c1-14(2)11-17(22(3,19)20)9-12-8-16(5-6-18(12)14)10-13-15-4-7-21-13/h4,7,12H,5-6,8-11H2,1-3H3. The molecule has 0 N–H and O–H groups in total. The predicted molar refractivity (Wildman–Crippen MR) is 88.4 cm³/mol. The minimum absolute atomic E-state index is 0.112. The molecule has 2 aliphatic rings. The molecule has 0 saturated carbocycles. The van der Waals surface area contributed by atoms with E-state index in [-0.39, 0.29) is 11.6 Å². The van der Waals surface area contributed by atoms with Crippen LogP contribution in [0.15, 0.2) is 11.6 Å². The molecule has 3 rings (SSSR count). The smallest absolute Gasteiger partial charge is 0.211 e. The highest BCUT2D eigenvalue weighted by Gasteiger charge is 2.44. The molecule has 1 aromatic heterocycles. The Morgan fingerprint density at radius 2 is 2.14 bits per heavy atom. The molecule has 22 heavy (non-hydrogen) atoms. The largest absolute Gasteiger partial charge is 0.294 e. The molecule has 0 aliphatic carbocycles. The second-order valence-corrected chi connectivity index (χ2v) is 9.84. The molecule has 2 saturated heterocycles. The number of aromatic nitrogens is 1. The Morgan fingerprint density at radius 1 is 1.36 bits per heavy atom. The van der Waals surface area contributed by atoms with Gasteiger partial charge in [-0.25, -0.2) is 13.4 Å². The maximum atomic E-state index is 12.0. The zero-order valence-corrected chi connectivity index (χ0v) is 15.0. The first-order valence-electron chi connectivity index (χ1n) is 7.58. The van der Waals surface area contributed by atoms with Gasteiger partial charge >= 0.3 is 0 Å². The van der Waals surface area contributed by atoms with Crippen molar-refractivity contribution in [1.29, 1.82) is 0 Å². The van der Waals surface area contributed by atoms with Crippen molar-refractivity contribution in [2.24, 2.45) is 0 Å². The molecule has 0 radical (unpaired) electrons. The Labute approximate surface area is 136 Å². The molecule has 6 nitrogen and oxygen atoms in total. The molecule has 1 aromatic rings. The van der Waals surface area contributed by atoms with Gasteiger partial charge in [-0.15, -0.1) is 11.3 Å². The predicted octanol–water partition coefficient (Wildman–Crippen LogP) is 0.683. The van der Waals surface area contributed by atoms with Gasteiger partial charge in [-0.3, -0.25) is 9.80 Å². The van der Waals surface area contributed by atoms with Crippen molar-refractivity contribution >= 4 is 21.4 Å². The molecule has 124 valence electrons. The normalized spacial score (nSPS) is 27.7. The Bertz CT molecular complexity index is 615. The van der Waals surface area contributed by atoms with Crippen molar-refractivity contribution in [1.82, 2.24) is 19.1 Å². The van der Waals surface area contributed by atoms with Gasteiger partial charge in [0.1, 0.15) is 5.01 Å². The molecule has 0 aromatic carbocycles. The molecule has 2 fully saturated rings. The molecule has 1 atom stereocenters. The third-order valence-electron chi connectivity index (χ3n) is 4.63. The summed E-state index contributed by atoms with van der Waals surface area (Å²) >= 11 is 1.68. The minimum atomic E-state index is -3.14. The molecule has 3 heterocycles. The van der Waals surface area contributed by atoms with E-state index in [9.17, 15) is 8.42 Å². The number of fused-ring (bicyclic) bond motifs is 1. The van der Waals surface area contributed by atoms with Gasteiger partial charge in [0.05, 0.1) is 12.8 Å². The van der Waals surface area contributed by atoms with E-state index in [1.165, 1.54) is 6.26 Å². The highest BCUT2D eigenvalue weighted by molar-refractivity contribution is 7.88. The summed E-state index contributed by atoms with van der Waals surface area (Å²) in [7, 11) is -3.14. The summed E-state index contributed by atoms with van der Waals surface area (Å²) in [6.45, 7) is 9.22. The second kappa shape index (κ2) is 5.83. The SMILES string of the molecule is CC1(C)CN(S(C)(=O)=O)CC2CN(Cc3nccs3)CCN21. The summed E-state index contributed by atoms with van der Waals surface area (Å²) in [5, 5.41) is 3.13. The maximum absolute atomic E-state index is 12.0. The lowest BCUT2D eigenvalue weighted by atomic mass is 9.94. The van der Waals surface area contributed by atoms with Crippen LogP contribution in [0.4, 0.5) is 0 Å². The minimum Gasteiger partial charge on any atom is -0.294 e. The maximum Gasteiger partial charge on any atom is 0.211 e. The van der Waals surface area contributed by atoms with Gasteiger partial charge in [0.2, 0.25) is 10.0 Å². The van der Waals surface area contributed by atoms with Crippen LogP contribution in [0.2, 0.25) is 0 Å². The third kappa shape index (κ3) is 3.35. The number of hydrogen-bond donors (Lipinski definition) is 0. The summed E-state index contributed by atoms with van der Waals surface area (Å²) in [4.78, 5) is 9.22. The van der Waals surface area contributed by atoms with Gasteiger partial charge in [-0.1, -0.05) is 0 Å². The van der Waals surface area contributed by atoms with Crippen molar-refractivity contribution in [2.75, 3.05) is 39.0 Å². The van der Waals surface area contributed by atoms with Crippen LogP contribution in [0.5, 0.6) is 0 Å². The second-order valence-electron chi connectivity index (χ2n) is 6.88. The number of sulfonamides is 1. The molecule has 0 spiro atoms. The monoisotopic (exact) mass is 344 g/mol. The number of rotatable bonds is 3. The van der Waals surface area contributed by atoms with Crippen LogP contribution in [0, 0.1) is 0 Å². The van der Waals surface area contributed by atoms with Crippen LogP contribution in [0.25, 0.3) is 0 Å². The highest BCUT2D eigenvalue weighted by Crippen LogP contribution is 2.29. The van der Waals surface area contributed by atoms with Gasteiger partial charge in [0.15, 0.2) is 0 Å². The van der Waals surface area contributed by atoms with E-state index in [1.807, 2.05) is 11.6 Å². The molecule has 0 bridgehead atoms. The average Bonchev–Trinajstić information content (AvgIpc) is 2.89. The van der Waals surface area contributed by atoms with Gasteiger partial charge in [0, 0.05) is 55.9 Å². The Morgan fingerprint density at radius 3 is 2.77 bits per heavy atom. The summed E-state index contributed by atoms with van der Waals surface area (Å²) in [6, 6.07) is 0.257. The number of piperazine rings is 2. The van der Waals surface area contributed by atoms with E-state index < -0.39 is 10.0 Å². The molecule has 0 amide bonds. The zero-order chi connectivity index (χ0) is 16.0. The number of hydrogen-bond acceptors (Lipinski definition) is 6. The highest BCUT2D eigenvalue weighted by atomic mass is 32.2. The third-order valence-corrected chi connectivity index (χ3v) is 6.61. The Balaban J connectivity index is 1.73. The average molecular weight is 345 g/mol. The Hall–Kier alpha value is -0.540. The molecule has 8 heteroatoms. The van der Waals surface area contributed by atoms with Crippen molar-refractivity contribution in [3.8, 4) is 0 Å². The quantitative estimate of drug-likeness (QED) is 0.807. The van der Waals surface area contributed by atoms with E-state index in [0.29, 0.717) is 13.1 Å². The molecular weight excluding hydrogens is 320 g/mol. The van der Waals surface area contributed by atoms with Crippen LogP contribution < -0.4 is 0 Å². The van der Waals surface area contributed by atoms with E-state index >= 15 is 0 Å². The first-order chi connectivity index (χ1) is 10.3. The Kier molecular flexibility index (Phi) is 4.32.